The van der Waals surface area contributed by atoms with Gasteiger partial charge in [-0.2, -0.15) is 0 Å². The van der Waals surface area contributed by atoms with E-state index in [1.54, 1.807) is 7.11 Å². The summed E-state index contributed by atoms with van der Waals surface area (Å²) in [5, 5.41) is 8.41. The van der Waals surface area contributed by atoms with Gasteiger partial charge in [0, 0.05) is 12.6 Å². The lowest BCUT2D eigenvalue weighted by molar-refractivity contribution is 0.416. The van der Waals surface area contributed by atoms with E-state index in [1.165, 1.54) is 5.56 Å². The zero-order valence-corrected chi connectivity index (χ0v) is 10.1. The van der Waals surface area contributed by atoms with Crippen molar-refractivity contribution in [3.05, 3.63) is 60.0 Å². The normalized spacial score (nSPS) is 10.7. The first-order valence-electron chi connectivity index (χ1n) is 5.79. The molecule has 18 heavy (non-hydrogen) atoms. The highest BCUT2D eigenvalue weighted by atomic mass is 16.5. The van der Waals surface area contributed by atoms with Crippen molar-refractivity contribution in [3.63, 3.8) is 0 Å². The van der Waals surface area contributed by atoms with Crippen LogP contribution in [0.3, 0.4) is 0 Å². The maximum atomic E-state index is 5.27. The molecule has 0 fully saturated rings. The van der Waals surface area contributed by atoms with Gasteiger partial charge in [-0.3, -0.25) is 4.40 Å². The molecule has 0 unspecified atom stereocenters. The summed E-state index contributed by atoms with van der Waals surface area (Å²) in [7, 11) is 1.64. The molecule has 90 valence electrons. The van der Waals surface area contributed by atoms with Crippen molar-refractivity contribution in [1.29, 1.82) is 0 Å². The van der Waals surface area contributed by atoms with Crippen LogP contribution in [0.5, 0.6) is 5.75 Å². The van der Waals surface area contributed by atoms with E-state index in [9.17, 15) is 0 Å². The lowest BCUT2D eigenvalue weighted by Crippen LogP contribution is -1.96. The Hall–Kier alpha value is -2.36. The molecule has 2 heterocycles. The van der Waals surface area contributed by atoms with Crippen molar-refractivity contribution in [2.24, 2.45) is 0 Å². The average Bonchev–Trinajstić information content (AvgIpc) is 2.83. The molecule has 2 aromatic heterocycles. The molecule has 0 N–H and O–H groups in total. The first-order valence-corrected chi connectivity index (χ1v) is 5.79. The fourth-order valence-corrected chi connectivity index (χ4v) is 2.00. The van der Waals surface area contributed by atoms with Crippen molar-refractivity contribution in [2.75, 3.05) is 7.11 Å². The zero-order chi connectivity index (χ0) is 12.4. The lowest BCUT2D eigenvalue weighted by atomic mass is 10.1. The van der Waals surface area contributed by atoms with Crippen LogP contribution in [-0.2, 0) is 6.42 Å². The smallest absolute Gasteiger partial charge is 0.203 e. The van der Waals surface area contributed by atoms with Gasteiger partial charge in [-0.05, 0) is 17.7 Å². The van der Waals surface area contributed by atoms with Crippen LogP contribution < -0.4 is 4.74 Å². The van der Waals surface area contributed by atoms with Gasteiger partial charge >= 0.3 is 0 Å². The summed E-state index contributed by atoms with van der Waals surface area (Å²) >= 11 is 0. The van der Waals surface area contributed by atoms with Crippen LogP contribution in [-0.4, -0.2) is 21.7 Å². The van der Waals surface area contributed by atoms with E-state index >= 15 is 0 Å². The topological polar surface area (TPSA) is 39.4 Å². The second kappa shape index (κ2) is 4.49. The molecule has 0 atom stereocenters. The summed E-state index contributed by atoms with van der Waals surface area (Å²) in [5.74, 6) is 1.65. The highest BCUT2D eigenvalue weighted by Gasteiger charge is 2.09. The number of hydrogen-bond acceptors (Lipinski definition) is 3. The van der Waals surface area contributed by atoms with Gasteiger partial charge in [-0.1, -0.05) is 30.3 Å². The number of nitrogens with zero attached hydrogens (tertiary/aromatic N) is 3. The molecule has 0 radical (unpaired) electrons. The van der Waals surface area contributed by atoms with Crippen LogP contribution in [0.1, 0.15) is 11.4 Å². The molecule has 0 saturated heterocycles. The quantitative estimate of drug-likeness (QED) is 0.704. The SMILES string of the molecule is COc1cccn2c(Cc3ccccc3)nnc12. The second-order valence-corrected chi connectivity index (χ2v) is 4.05. The summed E-state index contributed by atoms with van der Waals surface area (Å²) in [5.41, 5.74) is 1.97. The Morgan fingerprint density at radius 1 is 1.06 bits per heavy atom. The van der Waals surface area contributed by atoms with Crippen LogP contribution in [0.4, 0.5) is 0 Å². The third-order valence-corrected chi connectivity index (χ3v) is 2.89. The van der Waals surface area contributed by atoms with Crippen molar-refractivity contribution in [3.8, 4) is 5.75 Å². The molecule has 4 heteroatoms. The molecule has 0 aliphatic heterocycles. The molecule has 0 bridgehead atoms. The summed E-state index contributed by atoms with van der Waals surface area (Å²) in [6.45, 7) is 0. The number of pyridine rings is 1. The maximum Gasteiger partial charge on any atom is 0.203 e. The lowest BCUT2D eigenvalue weighted by Gasteiger charge is -2.03. The minimum atomic E-state index is 0.740. The second-order valence-electron chi connectivity index (χ2n) is 4.05. The van der Waals surface area contributed by atoms with E-state index in [-0.39, 0.29) is 0 Å². The number of aromatic nitrogens is 3. The number of ether oxygens (including phenoxy) is 1. The predicted molar refractivity (Wildman–Crippen MR) is 68.8 cm³/mol. The molecule has 0 aliphatic carbocycles. The van der Waals surface area contributed by atoms with E-state index in [2.05, 4.69) is 22.3 Å². The molecular formula is C14H13N3O. The third-order valence-electron chi connectivity index (χ3n) is 2.89. The van der Waals surface area contributed by atoms with Crippen molar-refractivity contribution >= 4 is 5.65 Å². The molecule has 1 aromatic carbocycles. The Morgan fingerprint density at radius 2 is 1.89 bits per heavy atom. The van der Waals surface area contributed by atoms with E-state index in [0.29, 0.717) is 0 Å². The van der Waals surface area contributed by atoms with Crippen molar-refractivity contribution in [2.45, 2.75) is 6.42 Å². The Morgan fingerprint density at radius 3 is 2.67 bits per heavy atom. The Balaban J connectivity index is 2.03. The zero-order valence-electron chi connectivity index (χ0n) is 10.1. The fraction of sp³-hybridized carbons (Fsp3) is 0.143. The van der Waals surface area contributed by atoms with Crippen molar-refractivity contribution in [1.82, 2.24) is 14.6 Å². The largest absolute Gasteiger partial charge is 0.493 e. The van der Waals surface area contributed by atoms with Crippen molar-refractivity contribution < 1.29 is 4.74 Å². The number of fused-ring (bicyclic) bond motifs is 1. The summed E-state index contributed by atoms with van der Waals surface area (Å²) in [6, 6.07) is 14.1. The summed E-state index contributed by atoms with van der Waals surface area (Å²) in [4.78, 5) is 0. The molecule has 4 nitrogen and oxygen atoms in total. The van der Waals surface area contributed by atoms with Gasteiger partial charge in [0.15, 0.2) is 5.75 Å². The monoisotopic (exact) mass is 239 g/mol. The molecule has 3 aromatic rings. The van der Waals surface area contributed by atoms with Crippen LogP contribution in [0.2, 0.25) is 0 Å². The van der Waals surface area contributed by atoms with Gasteiger partial charge in [-0.25, -0.2) is 0 Å². The van der Waals surface area contributed by atoms with Gasteiger partial charge in [-0.15, -0.1) is 10.2 Å². The van der Waals surface area contributed by atoms with Gasteiger partial charge in [0.05, 0.1) is 7.11 Å². The minimum Gasteiger partial charge on any atom is -0.493 e. The first kappa shape index (κ1) is 10.8. The summed E-state index contributed by atoms with van der Waals surface area (Å²) < 4.78 is 7.23. The number of hydrogen-bond donors (Lipinski definition) is 0. The Bertz CT molecular complexity index is 661. The minimum absolute atomic E-state index is 0.740. The molecule has 0 amide bonds. The van der Waals surface area contributed by atoms with Gasteiger partial charge in [0.25, 0.3) is 0 Å². The maximum absolute atomic E-state index is 5.27. The average molecular weight is 239 g/mol. The Labute approximate surface area is 105 Å². The molecule has 0 aliphatic rings. The number of benzene rings is 1. The molecule has 0 saturated carbocycles. The van der Waals surface area contributed by atoms with Gasteiger partial charge < -0.3 is 4.74 Å². The Kier molecular flexibility index (Phi) is 2.68. The van der Waals surface area contributed by atoms with Crippen LogP contribution in [0.25, 0.3) is 5.65 Å². The highest BCUT2D eigenvalue weighted by molar-refractivity contribution is 5.53. The molecule has 3 rings (SSSR count). The van der Waals surface area contributed by atoms with E-state index in [1.807, 2.05) is 40.9 Å². The van der Waals surface area contributed by atoms with Crippen LogP contribution in [0.15, 0.2) is 48.7 Å². The highest BCUT2D eigenvalue weighted by Crippen LogP contribution is 2.18. The predicted octanol–water partition coefficient (Wildman–Crippen LogP) is 2.33. The van der Waals surface area contributed by atoms with Crippen LogP contribution >= 0.6 is 0 Å². The third kappa shape index (κ3) is 1.82. The van der Waals surface area contributed by atoms with Gasteiger partial charge in [0.2, 0.25) is 5.65 Å². The number of rotatable bonds is 3. The number of methoxy groups -OCH3 is 1. The van der Waals surface area contributed by atoms with Gasteiger partial charge in [0.1, 0.15) is 5.82 Å². The fourth-order valence-electron chi connectivity index (χ4n) is 2.00. The van der Waals surface area contributed by atoms with E-state index in [4.69, 9.17) is 4.74 Å². The van der Waals surface area contributed by atoms with E-state index < -0.39 is 0 Å². The van der Waals surface area contributed by atoms with Crippen LogP contribution in [0, 0.1) is 0 Å². The van der Waals surface area contributed by atoms with E-state index in [0.717, 1.165) is 23.6 Å². The molecular weight excluding hydrogens is 226 g/mol. The first-order chi connectivity index (χ1) is 8.88. The molecule has 0 spiro atoms. The standard InChI is InChI=1S/C14H13N3O/c1-18-12-8-5-9-17-13(15-16-14(12)17)10-11-6-3-2-4-7-11/h2-9H,10H2,1H3. The summed E-state index contributed by atoms with van der Waals surface area (Å²) in [6.07, 6.45) is 2.71.